The van der Waals surface area contributed by atoms with Crippen LogP contribution in [0, 0.1) is 13.8 Å². The molecule has 2 heterocycles. The molecule has 0 aliphatic carbocycles. The van der Waals surface area contributed by atoms with Crippen molar-refractivity contribution < 1.29 is 19.0 Å². The average Bonchev–Trinajstić information content (AvgIpc) is 3.28. The van der Waals surface area contributed by atoms with Crippen LogP contribution in [0.2, 0.25) is 0 Å². The highest BCUT2D eigenvalue weighted by atomic mass is 16.5. The van der Waals surface area contributed by atoms with Gasteiger partial charge in [0.2, 0.25) is 5.88 Å². The minimum Gasteiger partial charge on any atom is -0.497 e. The molecule has 9 heteroatoms. The molecule has 1 unspecified atom stereocenters. The van der Waals surface area contributed by atoms with E-state index in [-0.39, 0.29) is 12.5 Å². The van der Waals surface area contributed by atoms with E-state index in [2.05, 4.69) is 20.6 Å². The van der Waals surface area contributed by atoms with Crippen LogP contribution in [0.5, 0.6) is 17.4 Å². The van der Waals surface area contributed by atoms with Crippen LogP contribution in [-0.2, 0) is 4.79 Å². The average molecular weight is 462 g/mol. The predicted octanol–water partition coefficient (Wildman–Crippen LogP) is 3.38. The second-order valence-corrected chi connectivity index (χ2v) is 7.79. The van der Waals surface area contributed by atoms with E-state index >= 15 is 0 Å². The maximum atomic E-state index is 12.4. The molecule has 1 N–H and O–H groups in total. The van der Waals surface area contributed by atoms with Crippen LogP contribution in [0.15, 0.2) is 54.6 Å². The van der Waals surface area contributed by atoms with Crippen molar-refractivity contribution in [3.63, 3.8) is 0 Å². The Hall–Kier alpha value is -4.14. The number of carbonyl (C=O) groups is 1. The van der Waals surface area contributed by atoms with Crippen LogP contribution in [-0.4, -0.2) is 52.1 Å². The van der Waals surface area contributed by atoms with Gasteiger partial charge in [0.15, 0.2) is 17.6 Å². The molecule has 0 saturated heterocycles. The first-order valence-corrected chi connectivity index (χ1v) is 11.0. The first kappa shape index (κ1) is 23.0. The lowest BCUT2D eigenvalue weighted by atomic mass is 10.1. The van der Waals surface area contributed by atoms with Crippen molar-refractivity contribution in [1.29, 1.82) is 0 Å². The fourth-order valence-electron chi connectivity index (χ4n) is 3.36. The summed E-state index contributed by atoms with van der Waals surface area (Å²) in [6.07, 6.45) is -0.627. The van der Waals surface area contributed by atoms with Gasteiger partial charge in [-0.3, -0.25) is 4.79 Å². The number of aryl methyl sites for hydroxylation is 1. The van der Waals surface area contributed by atoms with E-state index < -0.39 is 6.10 Å². The Morgan fingerprint density at radius 1 is 1.09 bits per heavy atom. The molecule has 9 nitrogen and oxygen atoms in total. The Balaban J connectivity index is 1.34. The monoisotopic (exact) mass is 461 g/mol. The highest BCUT2D eigenvalue weighted by molar-refractivity contribution is 5.80. The lowest BCUT2D eigenvalue weighted by Crippen LogP contribution is -2.38. The number of methoxy groups -OCH3 is 1. The van der Waals surface area contributed by atoms with Crippen molar-refractivity contribution in [3.05, 3.63) is 65.7 Å². The van der Waals surface area contributed by atoms with E-state index in [1.165, 1.54) is 0 Å². The number of ether oxygens (including phenoxy) is 3. The van der Waals surface area contributed by atoms with Gasteiger partial charge in [-0.2, -0.15) is 4.52 Å². The molecule has 0 spiro atoms. The largest absolute Gasteiger partial charge is 0.497 e. The van der Waals surface area contributed by atoms with Crippen molar-refractivity contribution >= 4 is 11.6 Å². The van der Waals surface area contributed by atoms with Gasteiger partial charge in [0, 0.05) is 11.6 Å². The van der Waals surface area contributed by atoms with Crippen LogP contribution in [0.25, 0.3) is 17.0 Å². The van der Waals surface area contributed by atoms with Gasteiger partial charge in [0.25, 0.3) is 5.91 Å². The van der Waals surface area contributed by atoms with Gasteiger partial charge in [-0.1, -0.05) is 24.3 Å². The number of carbonyl (C=O) groups excluding carboxylic acids is 1. The zero-order valence-corrected chi connectivity index (χ0v) is 19.6. The zero-order valence-electron chi connectivity index (χ0n) is 19.6. The molecular weight excluding hydrogens is 434 g/mol. The summed E-state index contributed by atoms with van der Waals surface area (Å²) >= 11 is 0. The van der Waals surface area contributed by atoms with Gasteiger partial charge in [-0.15, -0.1) is 15.3 Å². The molecule has 1 atom stereocenters. The second-order valence-electron chi connectivity index (χ2n) is 7.79. The summed E-state index contributed by atoms with van der Waals surface area (Å²) in [5.41, 5.74) is 3.55. The molecule has 0 saturated carbocycles. The number of nitrogens with one attached hydrogen (secondary N) is 1. The van der Waals surface area contributed by atoms with Crippen molar-refractivity contribution in [1.82, 2.24) is 25.1 Å². The number of hydrogen-bond donors (Lipinski definition) is 1. The first-order valence-electron chi connectivity index (χ1n) is 11.0. The van der Waals surface area contributed by atoms with E-state index in [1.54, 1.807) is 30.7 Å². The SMILES string of the molecule is COc1cccc(-c2nnc3ccc(OCCNC(=O)C(C)Oc4cccc(C)c4C)nn23)c1. The Morgan fingerprint density at radius 3 is 2.74 bits per heavy atom. The van der Waals surface area contributed by atoms with E-state index in [0.29, 0.717) is 35.4 Å². The van der Waals surface area contributed by atoms with Crippen LogP contribution < -0.4 is 19.5 Å². The number of hydrogen-bond acceptors (Lipinski definition) is 7. The molecule has 0 fully saturated rings. The molecule has 1 amide bonds. The number of fused-ring (bicyclic) bond motifs is 1. The summed E-state index contributed by atoms with van der Waals surface area (Å²) in [7, 11) is 1.61. The fraction of sp³-hybridized carbons (Fsp3) is 0.280. The highest BCUT2D eigenvalue weighted by Crippen LogP contribution is 2.23. The minimum absolute atomic E-state index is 0.216. The Bertz CT molecular complexity index is 1300. The normalized spacial score (nSPS) is 11.8. The number of nitrogens with zero attached hydrogens (tertiary/aromatic N) is 4. The van der Waals surface area contributed by atoms with E-state index in [1.807, 2.05) is 56.3 Å². The predicted molar refractivity (Wildman–Crippen MR) is 127 cm³/mol. The lowest BCUT2D eigenvalue weighted by Gasteiger charge is -2.17. The van der Waals surface area contributed by atoms with E-state index in [4.69, 9.17) is 14.2 Å². The maximum Gasteiger partial charge on any atom is 0.260 e. The van der Waals surface area contributed by atoms with Crippen molar-refractivity contribution in [2.75, 3.05) is 20.3 Å². The van der Waals surface area contributed by atoms with Crippen LogP contribution in [0.4, 0.5) is 0 Å². The number of rotatable bonds is 9. The molecule has 2 aromatic heterocycles. The molecule has 34 heavy (non-hydrogen) atoms. The third-order valence-electron chi connectivity index (χ3n) is 5.45. The van der Waals surface area contributed by atoms with Gasteiger partial charge in [-0.25, -0.2) is 0 Å². The van der Waals surface area contributed by atoms with E-state index in [9.17, 15) is 4.79 Å². The minimum atomic E-state index is -0.627. The van der Waals surface area contributed by atoms with Crippen molar-refractivity contribution in [2.45, 2.75) is 26.9 Å². The summed E-state index contributed by atoms with van der Waals surface area (Å²) in [6, 6.07) is 16.8. The quantitative estimate of drug-likeness (QED) is 0.382. The Kier molecular flexibility index (Phi) is 6.91. The number of amides is 1. The molecule has 0 bridgehead atoms. The summed E-state index contributed by atoms with van der Waals surface area (Å²) in [5.74, 6) is 2.17. The molecule has 2 aromatic carbocycles. The van der Waals surface area contributed by atoms with Crippen LogP contribution in [0.3, 0.4) is 0 Å². The summed E-state index contributed by atoms with van der Waals surface area (Å²) in [5, 5.41) is 15.7. The van der Waals surface area contributed by atoms with Gasteiger partial charge in [0.1, 0.15) is 18.1 Å². The molecule has 0 aliphatic heterocycles. The summed E-state index contributed by atoms with van der Waals surface area (Å²) < 4.78 is 18.5. The summed E-state index contributed by atoms with van der Waals surface area (Å²) in [6.45, 7) is 6.26. The van der Waals surface area contributed by atoms with Crippen molar-refractivity contribution in [2.24, 2.45) is 0 Å². The number of benzene rings is 2. The molecule has 0 aliphatic rings. The number of aromatic nitrogens is 4. The lowest BCUT2D eigenvalue weighted by molar-refractivity contribution is -0.127. The van der Waals surface area contributed by atoms with Gasteiger partial charge >= 0.3 is 0 Å². The molecule has 4 rings (SSSR count). The Labute approximate surface area is 197 Å². The second kappa shape index (κ2) is 10.2. The van der Waals surface area contributed by atoms with Crippen LogP contribution in [0.1, 0.15) is 18.1 Å². The third-order valence-corrected chi connectivity index (χ3v) is 5.45. The fourth-order valence-corrected chi connectivity index (χ4v) is 3.36. The van der Waals surface area contributed by atoms with E-state index in [0.717, 1.165) is 16.7 Å². The zero-order chi connectivity index (χ0) is 24.1. The topological polar surface area (TPSA) is 99.9 Å². The highest BCUT2D eigenvalue weighted by Gasteiger charge is 2.16. The molecule has 176 valence electrons. The molecule has 4 aromatic rings. The van der Waals surface area contributed by atoms with Gasteiger partial charge in [-0.05, 0) is 56.2 Å². The van der Waals surface area contributed by atoms with Gasteiger partial charge in [0.05, 0.1) is 13.7 Å². The molecule has 0 radical (unpaired) electrons. The summed E-state index contributed by atoms with van der Waals surface area (Å²) in [4.78, 5) is 12.4. The smallest absolute Gasteiger partial charge is 0.260 e. The van der Waals surface area contributed by atoms with Crippen LogP contribution >= 0.6 is 0 Å². The standard InChI is InChI=1S/C25H27N5O4/c1-16-7-5-10-21(17(16)2)34-18(3)25(31)26-13-14-33-23-12-11-22-27-28-24(30(22)29-23)19-8-6-9-20(15-19)32-4/h5-12,15,18H,13-14H2,1-4H3,(H,26,31). The molecular formula is C25H27N5O4. The Morgan fingerprint density at radius 2 is 1.91 bits per heavy atom. The third kappa shape index (κ3) is 5.09. The first-order chi connectivity index (χ1) is 16.5. The maximum absolute atomic E-state index is 12.4. The van der Waals surface area contributed by atoms with Crippen molar-refractivity contribution in [3.8, 4) is 28.8 Å². The van der Waals surface area contributed by atoms with Gasteiger partial charge < -0.3 is 19.5 Å².